The molecule has 3 heterocycles. The van der Waals surface area contributed by atoms with Crippen molar-refractivity contribution >= 4 is 16.3 Å². The Kier molecular flexibility index (Phi) is 3.22. The van der Waals surface area contributed by atoms with Gasteiger partial charge in [-0.2, -0.15) is 36.8 Å². The van der Waals surface area contributed by atoms with E-state index in [9.17, 15) is 26.4 Å². The molecule has 0 aromatic carbocycles. The van der Waals surface area contributed by atoms with E-state index in [0.29, 0.717) is 5.06 Å². The van der Waals surface area contributed by atoms with Gasteiger partial charge in [-0.3, -0.25) is 9.69 Å². The number of amides is 1. The van der Waals surface area contributed by atoms with Gasteiger partial charge in [-0.05, 0) is 12.8 Å². The molecule has 0 aromatic heterocycles. The van der Waals surface area contributed by atoms with E-state index in [1.165, 1.54) is 4.90 Å². The van der Waals surface area contributed by atoms with Gasteiger partial charge in [0.1, 0.15) is 6.04 Å². The first-order chi connectivity index (χ1) is 9.65. The molecule has 1 amide bonds. The first-order valence-electron chi connectivity index (χ1n) is 6.14. The summed E-state index contributed by atoms with van der Waals surface area (Å²) < 4.78 is 68.7. The van der Waals surface area contributed by atoms with Gasteiger partial charge in [-0.1, -0.05) is 0 Å². The second-order valence-electron chi connectivity index (χ2n) is 5.24. The summed E-state index contributed by atoms with van der Waals surface area (Å²) in [6.07, 6.45) is -4.19. The number of carbonyl (C=O) groups is 1. The molecule has 3 saturated heterocycles. The Morgan fingerprint density at radius 1 is 1.24 bits per heavy atom. The lowest BCUT2D eigenvalue weighted by molar-refractivity contribution is -0.202. The third-order valence-corrected chi connectivity index (χ3v) is 4.84. The second-order valence-corrected chi connectivity index (χ2v) is 6.39. The molecule has 12 heteroatoms. The zero-order valence-corrected chi connectivity index (χ0v) is 11.3. The van der Waals surface area contributed by atoms with Crippen LogP contribution in [-0.4, -0.2) is 55.1 Å². The Balaban J connectivity index is 1.75. The molecule has 3 rings (SSSR count). The number of alkyl halides is 3. The molecule has 0 spiro atoms. The smallest absolute Gasteiger partial charge is 0.286 e. The normalized spacial score (nSPS) is 36.6. The van der Waals surface area contributed by atoms with E-state index >= 15 is 0 Å². The van der Waals surface area contributed by atoms with Crippen molar-refractivity contribution < 1.29 is 35.0 Å². The van der Waals surface area contributed by atoms with Gasteiger partial charge in [0.25, 0.3) is 5.91 Å². The maximum atomic E-state index is 12.9. The molecule has 4 atom stereocenters. The van der Waals surface area contributed by atoms with Crippen LogP contribution in [0.5, 0.6) is 0 Å². The molecule has 21 heavy (non-hydrogen) atoms. The molecule has 4 unspecified atom stereocenters. The predicted molar refractivity (Wildman–Crippen MR) is 59.0 cm³/mol. The summed E-state index contributed by atoms with van der Waals surface area (Å²) in [6, 6.07) is -2.88. The summed E-state index contributed by atoms with van der Waals surface area (Å²) in [6.45, 7) is -0.0919. The number of hydrogen-bond donors (Lipinski definition) is 1. The zero-order chi connectivity index (χ0) is 15.6. The fourth-order valence-corrected chi connectivity index (χ4v) is 3.88. The topological polar surface area (TPSA) is 102 Å². The van der Waals surface area contributed by atoms with Crippen LogP contribution in [0.4, 0.5) is 13.2 Å². The van der Waals surface area contributed by atoms with Crippen molar-refractivity contribution in [3.63, 3.8) is 0 Å². The van der Waals surface area contributed by atoms with Gasteiger partial charge >= 0.3 is 16.6 Å². The van der Waals surface area contributed by atoms with E-state index in [1.807, 2.05) is 0 Å². The van der Waals surface area contributed by atoms with Crippen molar-refractivity contribution in [2.45, 2.75) is 37.1 Å². The number of hydrogen-bond acceptors (Lipinski definition) is 7. The predicted octanol–water partition coefficient (Wildman–Crippen LogP) is -0.711. The zero-order valence-electron chi connectivity index (χ0n) is 10.5. The summed E-state index contributed by atoms with van der Waals surface area (Å²) in [5.74, 6) is 3.13. The molecule has 120 valence electrons. The van der Waals surface area contributed by atoms with E-state index in [0.717, 1.165) is 0 Å². The molecule has 2 N–H and O–H groups in total. The highest BCUT2D eigenvalue weighted by atomic mass is 32.3. The lowest BCUT2D eigenvalue weighted by atomic mass is 9.86. The highest BCUT2D eigenvalue weighted by molar-refractivity contribution is 7.81. The average Bonchev–Trinajstić information content (AvgIpc) is 2.91. The SMILES string of the molecule is NOS(=O)(=O)ON1C(=O)C2C1CN1C2CCC1C(F)(F)F. The van der Waals surface area contributed by atoms with Crippen molar-refractivity contribution in [3.8, 4) is 0 Å². The van der Waals surface area contributed by atoms with Crippen LogP contribution >= 0.6 is 0 Å². The molecule has 0 bridgehead atoms. The quantitative estimate of drug-likeness (QED) is 0.538. The molecule has 0 aliphatic carbocycles. The molecule has 3 fully saturated rings. The van der Waals surface area contributed by atoms with Gasteiger partial charge in [0.15, 0.2) is 0 Å². The van der Waals surface area contributed by atoms with E-state index < -0.39 is 46.5 Å². The molecule has 0 radical (unpaired) electrons. The Morgan fingerprint density at radius 3 is 2.48 bits per heavy atom. The Hall–Kier alpha value is -0.950. The lowest BCUT2D eigenvalue weighted by Gasteiger charge is -2.41. The van der Waals surface area contributed by atoms with Gasteiger partial charge in [0.2, 0.25) is 0 Å². The van der Waals surface area contributed by atoms with E-state index in [2.05, 4.69) is 14.5 Å². The summed E-state index contributed by atoms with van der Waals surface area (Å²) in [5.41, 5.74) is 0. The molecule has 3 aliphatic rings. The van der Waals surface area contributed by atoms with Gasteiger partial charge in [0, 0.05) is 12.6 Å². The van der Waals surface area contributed by atoms with Crippen LogP contribution in [0.15, 0.2) is 0 Å². The van der Waals surface area contributed by atoms with Gasteiger partial charge in [-0.25, -0.2) is 0 Å². The highest BCUT2D eigenvalue weighted by Crippen LogP contribution is 2.48. The fourth-order valence-electron chi connectivity index (χ4n) is 3.46. The van der Waals surface area contributed by atoms with Crippen LogP contribution in [0.2, 0.25) is 0 Å². The van der Waals surface area contributed by atoms with Crippen LogP contribution in [-0.2, 0) is 23.8 Å². The largest absolute Gasteiger partial charge is 0.437 e. The third-order valence-electron chi connectivity index (χ3n) is 4.26. The maximum absolute atomic E-state index is 12.9. The molecule has 8 nitrogen and oxygen atoms in total. The summed E-state index contributed by atoms with van der Waals surface area (Å²) in [4.78, 5) is 13.1. The van der Waals surface area contributed by atoms with Crippen molar-refractivity contribution in [1.82, 2.24) is 9.96 Å². The van der Waals surface area contributed by atoms with Crippen LogP contribution < -0.4 is 5.90 Å². The average molecular weight is 331 g/mol. The minimum Gasteiger partial charge on any atom is -0.286 e. The van der Waals surface area contributed by atoms with Crippen molar-refractivity contribution in [1.29, 1.82) is 0 Å². The Labute approximate surface area is 117 Å². The van der Waals surface area contributed by atoms with E-state index in [4.69, 9.17) is 0 Å². The Bertz CT molecular complexity index is 567. The van der Waals surface area contributed by atoms with Gasteiger partial charge < -0.3 is 0 Å². The van der Waals surface area contributed by atoms with E-state index in [1.54, 1.807) is 0 Å². The Morgan fingerprint density at radius 2 is 1.90 bits per heavy atom. The lowest BCUT2D eigenvalue weighted by Crippen LogP contribution is -2.62. The first kappa shape index (κ1) is 15.0. The van der Waals surface area contributed by atoms with Crippen molar-refractivity contribution in [3.05, 3.63) is 0 Å². The number of rotatable bonds is 3. The number of hydroxylamine groups is 2. The molecular formula is C9H12F3N3O5S. The number of fused-ring (bicyclic) bond motifs is 3. The fraction of sp³-hybridized carbons (Fsp3) is 0.889. The second kappa shape index (κ2) is 4.52. The molecular weight excluding hydrogens is 319 g/mol. The summed E-state index contributed by atoms with van der Waals surface area (Å²) >= 11 is 0. The number of halogens is 3. The number of nitrogens with two attached hydrogens (primary N) is 1. The first-order valence-corrected chi connectivity index (χ1v) is 7.47. The number of β-lactam (4-membered cyclic amide) rings is 1. The standard InChI is InChI=1S/C9H12F3N3O5S/c10-9(11,12)6-2-1-4-7-5(3-14(4)6)15(8(7)16)20-21(17,18)19-13/h4-7H,1-3,13H2. The van der Waals surface area contributed by atoms with Crippen molar-refractivity contribution in [2.24, 2.45) is 11.8 Å². The minimum absolute atomic E-state index is 0.0598. The van der Waals surface area contributed by atoms with Gasteiger partial charge in [-0.15, -0.1) is 4.28 Å². The van der Waals surface area contributed by atoms with E-state index in [-0.39, 0.29) is 19.4 Å². The molecule has 0 aromatic rings. The van der Waals surface area contributed by atoms with Crippen LogP contribution in [0.25, 0.3) is 0 Å². The summed E-state index contributed by atoms with van der Waals surface area (Å²) in [5, 5.41) is 0.526. The van der Waals surface area contributed by atoms with Crippen LogP contribution in [0.3, 0.4) is 0 Å². The van der Waals surface area contributed by atoms with Crippen molar-refractivity contribution in [2.75, 3.05) is 6.54 Å². The maximum Gasteiger partial charge on any atom is 0.437 e. The summed E-state index contributed by atoms with van der Waals surface area (Å²) in [7, 11) is -4.57. The van der Waals surface area contributed by atoms with Crippen LogP contribution in [0.1, 0.15) is 12.8 Å². The van der Waals surface area contributed by atoms with Gasteiger partial charge in [0.05, 0.1) is 12.0 Å². The number of carbonyl (C=O) groups excluding carboxylic acids is 1. The highest BCUT2D eigenvalue weighted by Gasteiger charge is 2.65. The third kappa shape index (κ3) is 2.21. The molecule has 3 aliphatic heterocycles. The minimum atomic E-state index is -4.57. The number of nitrogens with zero attached hydrogens (tertiary/aromatic N) is 2. The molecule has 0 saturated carbocycles. The monoisotopic (exact) mass is 331 g/mol. The van der Waals surface area contributed by atoms with Crippen LogP contribution in [0, 0.1) is 5.92 Å².